The van der Waals surface area contributed by atoms with Crippen LogP contribution in [0.3, 0.4) is 0 Å². The lowest BCUT2D eigenvalue weighted by Gasteiger charge is -2.26. The number of rotatable bonds is 5. The van der Waals surface area contributed by atoms with E-state index in [1.165, 1.54) is 0 Å². The van der Waals surface area contributed by atoms with Crippen LogP contribution in [0.5, 0.6) is 5.75 Å². The van der Waals surface area contributed by atoms with Crippen molar-refractivity contribution in [3.8, 4) is 5.75 Å². The van der Waals surface area contributed by atoms with Gasteiger partial charge in [0.05, 0.1) is 12.1 Å². The van der Waals surface area contributed by atoms with Gasteiger partial charge in [0.2, 0.25) is 5.91 Å². The van der Waals surface area contributed by atoms with Crippen molar-refractivity contribution in [2.45, 2.75) is 53.2 Å². The van der Waals surface area contributed by atoms with Gasteiger partial charge in [0, 0.05) is 25.1 Å². The van der Waals surface area contributed by atoms with Gasteiger partial charge in [-0.1, -0.05) is 20.8 Å². The maximum absolute atomic E-state index is 12.4. The summed E-state index contributed by atoms with van der Waals surface area (Å²) in [5, 5.41) is 2.96. The van der Waals surface area contributed by atoms with E-state index in [9.17, 15) is 9.59 Å². The number of hydrogen-bond acceptors (Lipinski definition) is 3. The molecule has 0 bridgehead atoms. The van der Waals surface area contributed by atoms with Gasteiger partial charge in [0.25, 0.3) is 5.91 Å². The zero-order chi connectivity index (χ0) is 17.9. The minimum atomic E-state index is -0.151. The number of nitrogens with zero attached hydrogens (tertiary/aromatic N) is 1. The largest absolute Gasteiger partial charge is 0.491 e. The molecule has 0 unspecified atom stereocenters. The van der Waals surface area contributed by atoms with Gasteiger partial charge in [0.1, 0.15) is 5.75 Å². The highest BCUT2D eigenvalue weighted by atomic mass is 16.5. The summed E-state index contributed by atoms with van der Waals surface area (Å²) in [5.74, 6) is 0.700. The molecule has 0 spiro atoms. The Balaban J connectivity index is 1.92. The van der Waals surface area contributed by atoms with Crippen molar-refractivity contribution in [2.75, 3.05) is 13.1 Å². The Morgan fingerprint density at radius 1 is 1.29 bits per heavy atom. The summed E-state index contributed by atoms with van der Waals surface area (Å²) >= 11 is 0. The van der Waals surface area contributed by atoms with E-state index >= 15 is 0 Å². The summed E-state index contributed by atoms with van der Waals surface area (Å²) in [6, 6.07) is 6.95. The van der Waals surface area contributed by atoms with E-state index in [4.69, 9.17) is 4.74 Å². The number of hydrogen-bond donors (Lipinski definition) is 1. The Morgan fingerprint density at radius 2 is 1.92 bits per heavy atom. The minimum absolute atomic E-state index is 0.0564. The molecule has 1 aromatic carbocycles. The van der Waals surface area contributed by atoms with E-state index in [1.54, 1.807) is 24.3 Å². The summed E-state index contributed by atoms with van der Waals surface area (Å²) < 4.78 is 5.57. The van der Waals surface area contributed by atoms with Crippen LogP contribution in [-0.4, -0.2) is 41.9 Å². The molecule has 0 aromatic heterocycles. The van der Waals surface area contributed by atoms with Crippen LogP contribution in [0.1, 0.15) is 51.4 Å². The molecule has 0 radical (unpaired) electrons. The fourth-order valence-electron chi connectivity index (χ4n) is 2.82. The molecule has 1 aliphatic heterocycles. The number of carbonyl (C=O) groups excluding carboxylic acids is 2. The number of nitrogens with one attached hydrogen (secondary N) is 1. The minimum Gasteiger partial charge on any atom is -0.491 e. The van der Waals surface area contributed by atoms with E-state index in [0.717, 1.165) is 5.75 Å². The molecule has 24 heavy (non-hydrogen) atoms. The predicted molar refractivity (Wildman–Crippen MR) is 94.1 cm³/mol. The normalized spacial score (nSPS) is 18.2. The zero-order valence-electron chi connectivity index (χ0n) is 15.3. The first-order chi connectivity index (χ1) is 11.1. The number of likely N-dealkylation sites (tertiary alicyclic amines) is 1. The van der Waals surface area contributed by atoms with Crippen molar-refractivity contribution in [3.05, 3.63) is 29.8 Å². The van der Waals surface area contributed by atoms with E-state index in [2.05, 4.69) is 26.1 Å². The molecule has 132 valence electrons. The second-order valence-corrected chi connectivity index (χ2v) is 7.90. The Labute approximate surface area is 144 Å². The molecular formula is C19H28N2O3. The van der Waals surface area contributed by atoms with Crippen molar-refractivity contribution in [1.29, 1.82) is 0 Å². The Kier molecular flexibility index (Phi) is 5.52. The van der Waals surface area contributed by atoms with Crippen molar-refractivity contribution in [3.63, 3.8) is 0 Å². The third-order valence-electron chi connectivity index (χ3n) is 3.70. The van der Waals surface area contributed by atoms with Gasteiger partial charge >= 0.3 is 0 Å². The standard InChI is InChI=1S/C19H28N2O3/c1-13(2)24-16-8-6-14(7-9-16)18(23)20-15-10-17(22)21(11-15)12-19(3,4)5/h6-9,13,15H,10-12H2,1-5H3,(H,20,23)/t15-/m1/s1. The lowest BCUT2D eigenvalue weighted by atomic mass is 9.96. The maximum atomic E-state index is 12.4. The van der Waals surface area contributed by atoms with Gasteiger partial charge in [-0.3, -0.25) is 9.59 Å². The number of carbonyl (C=O) groups is 2. The molecule has 1 atom stereocenters. The van der Waals surface area contributed by atoms with Crippen LogP contribution in [0.4, 0.5) is 0 Å². The summed E-state index contributed by atoms with van der Waals surface area (Å²) in [5.41, 5.74) is 0.633. The van der Waals surface area contributed by atoms with Gasteiger partial charge in [-0.2, -0.15) is 0 Å². The van der Waals surface area contributed by atoms with Crippen LogP contribution in [0.15, 0.2) is 24.3 Å². The topological polar surface area (TPSA) is 58.6 Å². The SMILES string of the molecule is CC(C)Oc1ccc(C(=O)N[C@@H]2CC(=O)N(CC(C)(C)C)C2)cc1. The lowest BCUT2D eigenvalue weighted by Crippen LogP contribution is -2.39. The van der Waals surface area contributed by atoms with E-state index in [1.807, 2.05) is 18.7 Å². The fraction of sp³-hybridized carbons (Fsp3) is 0.579. The Hall–Kier alpha value is -2.04. The summed E-state index contributed by atoms with van der Waals surface area (Å²) in [4.78, 5) is 26.3. The molecule has 1 N–H and O–H groups in total. The molecule has 1 heterocycles. The third kappa shape index (κ3) is 5.25. The monoisotopic (exact) mass is 332 g/mol. The highest BCUT2D eigenvalue weighted by Gasteiger charge is 2.32. The van der Waals surface area contributed by atoms with Gasteiger partial charge in [-0.15, -0.1) is 0 Å². The van der Waals surface area contributed by atoms with Crippen LogP contribution in [-0.2, 0) is 4.79 Å². The van der Waals surface area contributed by atoms with Gasteiger partial charge < -0.3 is 15.0 Å². The van der Waals surface area contributed by atoms with Crippen molar-refractivity contribution in [1.82, 2.24) is 10.2 Å². The van der Waals surface area contributed by atoms with Gasteiger partial charge in [-0.25, -0.2) is 0 Å². The molecule has 0 aliphatic carbocycles. The molecule has 1 fully saturated rings. The smallest absolute Gasteiger partial charge is 0.251 e. The molecule has 2 rings (SSSR count). The van der Waals surface area contributed by atoms with E-state index < -0.39 is 0 Å². The number of benzene rings is 1. The third-order valence-corrected chi connectivity index (χ3v) is 3.70. The van der Waals surface area contributed by atoms with Crippen LogP contribution in [0.2, 0.25) is 0 Å². The van der Waals surface area contributed by atoms with Crippen molar-refractivity contribution < 1.29 is 14.3 Å². The van der Waals surface area contributed by atoms with Gasteiger partial charge in [0.15, 0.2) is 0 Å². The Bertz CT molecular complexity index is 588. The zero-order valence-corrected chi connectivity index (χ0v) is 15.3. The molecular weight excluding hydrogens is 304 g/mol. The molecule has 5 nitrogen and oxygen atoms in total. The molecule has 1 aliphatic rings. The maximum Gasteiger partial charge on any atom is 0.251 e. The first-order valence-electron chi connectivity index (χ1n) is 8.49. The molecule has 1 aromatic rings. The quantitative estimate of drug-likeness (QED) is 0.902. The average Bonchev–Trinajstić information content (AvgIpc) is 2.76. The summed E-state index contributed by atoms with van der Waals surface area (Å²) in [6.07, 6.45) is 0.471. The van der Waals surface area contributed by atoms with Crippen LogP contribution in [0.25, 0.3) is 0 Å². The second kappa shape index (κ2) is 7.24. The van der Waals surface area contributed by atoms with Gasteiger partial charge in [-0.05, 0) is 43.5 Å². The highest BCUT2D eigenvalue weighted by Crippen LogP contribution is 2.21. The Morgan fingerprint density at radius 3 is 2.46 bits per heavy atom. The summed E-state index contributed by atoms with van der Waals surface area (Å²) in [6.45, 7) is 11.5. The fourth-order valence-corrected chi connectivity index (χ4v) is 2.82. The predicted octanol–water partition coefficient (Wildman–Crippen LogP) is 2.85. The molecule has 2 amide bonds. The van der Waals surface area contributed by atoms with E-state index in [0.29, 0.717) is 25.1 Å². The lowest BCUT2D eigenvalue weighted by molar-refractivity contribution is -0.128. The second-order valence-electron chi connectivity index (χ2n) is 7.90. The average molecular weight is 332 g/mol. The van der Waals surface area contributed by atoms with Crippen molar-refractivity contribution in [2.24, 2.45) is 5.41 Å². The molecule has 1 saturated heterocycles. The first kappa shape index (κ1) is 18.3. The number of ether oxygens (including phenoxy) is 1. The van der Waals surface area contributed by atoms with E-state index in [-0.39, 0.29) is 29.4 Å². The number of amides is 2. The molecule has 5 heteroatoms. The van der Waals surface area contributed by atoms with Crippen LogP contribution in [0, 0.1) is 5.41 Å². The van der Waals surface area contributed by atoms with Crippen molar-refractivity contribution >= 4 is 11.8 Å². The summed E-state index contributed by atoms with van der Waals surface area (Å²) in [7, 11) is 0. The molecule has 0 saturated carbocycles. The van der Waals surface area contributed by atoms with Crippen LogP contribution < -0.4 is 10.1 Å². The highest BCUT2D eigenvalue weighted by molar-refractivity contribution is 5.95. The first-order valence-corrected chi connectivity index (χ1v) is 8.49. The van der Waals surface area contributed by atoms with Crippen LogP contribution >= 0.6 is 0 Å².